The molecule has 0 fully saturated rings. The van der Waals surface area contributed by atoms with Gasteiger partial charge in [0, 0.05) is 37.3 Å². The van der Waals surface area contributed by atoms with Crippen molar-refractivity contribution in [3.63, 3.8) is 0 Å². The molecule has 0 amide bonds. The smallest absolute Gasteiger partial charge is 0.131 e. The van der Waals surface area contributed by atoms with Crippen molar-refractivity contribution in [2.24, 2.45) is 9.98 Å². The van der Waals surface area contributed by atoms with Gasteiger partial charge in [-0.3, -0.25) is 9.98 Å². The van der Waals surface area contributed by atoms with Crippen LogP contribution in [0.2, 0.25) is 0 Å². The van der Waals surface area contributed by atoms with E-state index in [1.54, 1.807) is 0 Å². The number of hydrogen-bond acceptors (Lipinski definition) is 4. The van der Waals surface area contributed by atoms with E-state index in [9.17, 15) is 0 Å². The number of rotatable bonds is 4. The Hall–Kier alpha value is -1.84. The van der Waals surface area contributed by atoms with Crippen molar-refractivity contribution < 1.29 is 0 Å². The Labute approximate surface area is 120 Å². The number of likely N-dealkylation sites (N-methyl/N-ethyl adjacent to an activating group) is 2. The molecule has 1 aromatic carbocycles. The Morgan fingerprint density at radius 2 is 1.40 bits per heavy atom. The van der Waals surface area contributed by atoms with Crippen LogP contribution >= 0.6 is 0 Å². The molecule has 0 spiro atoms. The fraction of sp³-hybridized carbons (Fsp3) is 0.500. The lowest BCUT2D eigenvalue weighted by atomic mass is 10.1. The maximum Gasteiger partial charge on any atom is 0.131 e. The van der Waals surface area contributed by atoms with Crippen LogP contribution in [-0.2, 0) is 0 Å². The average molecular weight is 270 g/mol. The number of benzene rings is 1. The van der Waals surface area contributed by atoms with E-state index in [1.165, 1.54) is 11.1 Å². The van der Waals surface area contributed by atoms with Crippen LogP contribution < -0.4 is 0 Å². The Morgan fingerprint density at radius 3 is 1.85 bits per heavy atom. The predicted molar refractivity (Wildman–Crippen MR) is 83.7 cm³/mol. The molecule has 3 rings (SSSR count). The van der Waals surface area contributed by atoms with Crippen molar-refractivity contribution in [3.8, 4) is 0 Å². The fourth-order valence-electron chi connectivity index (χ4n) is 2.93. The molecule has 0 aliphatic carbocycles. The lowest BCUT2D eigenvalue weighted by Gasteiger charge is -2.20. The van der Waals surface area contributed by atoms with Gasteiger partial charge in [0.25, 0.3) is 0 Å². The molecule has 106 valence electrons. The summed E-state index contributed by atoms with van der Waals surface area (Å²) >= 11 is 0. The summed E-state index contributed by atoms with van der Waals surface area (Å²) in [5.41, 5.74) is 2.43. The van der Waals surface area contributed by atoms with Crippen LogP contribution in [0.25, 0.3) is 0 Å². The third-order valence-corrected chi connectivity index (χ3v) is 4.00. The molecular formula is C16H22N4. The van der Waals surface area contributed by atoms with Crippen LogP contribution in [0.15, 0.2) is 34.3 Å². The first kappa shape index (κ1) is 13.2. The van der Waals surface area contributed by atoms with Crippen molar-refractivity contribution in [2.75, 3.05) is 39.3 Å². The zero-order chi connectivity index (χ0) is 13.9. The maximum absolute atomic E-state index is 4.65. The summed E-state index contributed by atoms with van der Waals surface area (Å²) in [7, 11) is 0. The van der Waals surface area contributed by atoms with E-state index in [-0.39, 0.29) is 0 Å². The normalized spacial score (nSPS) is 18.5. The van der Waals surface area contributed by atoms with Crippen LogP contribution in [0.5, 0.6) is 0 Å². The highest BCUT2D eigenvalue weighted by Gasteiger charge is 2.20. The highest BCUT2D eigenvalue weighted by molar-refractivity contribution is 6.04. The summed E-state index contributed by atoms with van der Waals surface area (Å²) < 4.78 is 0. The molecule has 0 saturated heterocycles. The van der Waals surface area contributed by atoms with Gasteiger partial charge in [-0.05, 0) is 19.9 Å². The molecule has 4 heteroatoms. The third kappa shape index (κ3) is 2.30. The van der Waals surface area contributed by atoms with E-state index in [0.29, 0.717) is 0 Å². The van der Waals surface area contributed by atoms with Crippen molar-refractivity contribution in [2.45, 2.75) is 13.8 Å². The van der Waals surface area contributed by atoms with Gasteiger partial charge in [-0.15, -0.1) is 0 Å². The lowest BCUT2D eigenvalue weighted by molar-refractivity contribution is 0.483. The highest BCUT2D eigenvalue weighted by Crippen LogP contribution is 2.16. The van der Waals surface area contributed by atoms with Crippen molar-refractivity contribution >= 4 is 11.7 Å². The van der Waals surface area contributed by atoms with Gasteiger partial charge in [-0.2, -0.15) is 0 Å². The zero-order valence-electron chi connectivity index (χ0n) is 12.3. The largest absolute Gasteiger partial charge is 0.355 e. The molecule has 0 aromatic heterocycles. The van der Waals surface area contributed by atoms with Crippen molar-refractivity contribution in [3.05, 3.63) is 35.4 Å². The van der Waals surface area contributed by atoms with E-state index >= 15 is 0 Å². The Balaban J connectivity index is 1.91. The molecule has 0 N–H and O–H groups in total. The van der Waals surface area contributed by atoms with Gasteiger partial charge in [-0.25, -0.2) is 0 Å². The fourth-order valence-corrected chi connectivity index (χ4v) is 2.93. The van der Waals surface area contributed by atoms with Crippen LogP contribution in [0.4, 0.5) is 0 Å². The minimum absolute atomic E-state index is 0.912. The van der Waals surface area contributed by atoms with Gasteiger partial charge in [0.15, 0.2) is 0 Å². The van der Waals surface area contributed by atoms with E-state index in [2.05, 4.69) is 57.9 Å². The Morgan fingerprint density at radius 1 is 0.900 bits per heavy atom. The van der Waals surface area contributed by atoms with E-state index in [0.717, 1.165) is 50.9 Å². The van der Waals surface area contributed by atoms with Crippen LogP contribution in [-0.4, -0.2) is 60.7 Å². The molecule has 1 aromatic rings. The maximum atomic E-state index is 4.65. The summed E-state index contributed by atoms with van der Waals surface area (Å²) in [6.07, 6.45) is 0. The van der Waals surface area contributed by atoms with Gasteiger partial charge < -0.3 is 9.80 Å². The van der Waals surface area contributed by atoms with Crippen molar-refractivity contribution in [1.29, 1.82) is 0 Å². The third-order valence-electron chi connectivity index (χ3n) is 4.00. The second-order valence-corrected chi connectivity index (χ2v) is 5.15. The number of amidine groups is 2. The van der Waals surface area contributed by atoms with E-state index in [1.807, 2.05) is 0 Å². The quantitative estimate of drug-likeness (QED) is 0.836. The Kier molecular flexibility index (Phi) is 3.72. The molecule has 0 bridgehead atoms. The van der Waals surface area contributed by atoms with Crippen LogP contribution in [0.1, 0.15) is 25.0 Å². The van der Waals surface area contributed by atoms with Crippen LogP contribution in [0.3, 0.4) is 0 Å². The minimum atomic E-state index is 0.912. The van der Waals surface area contributed by atoms with Crippen molar-refractivity contribution in [1.82, 2.24) is 9.80 Å². The molecule has 0 unspecified atom stereocenters. The van der Waals surface area contributed by atoms with Crippen LogP contribution in [0, 0.1) is 0 Å². The number of aliphatic imine (C=N–C) groups is 2. The number of nitrogens with zero attached hydrogens (tertiary/aromatic N) is 4. The second kappa shape index (κ2) is 5.65. The first-order valence-corrected chi connectivity index (χ1v) is 7.53. The predicted octanol–water partition coefficient (Wildman–Crippen LogP) is 1.85. The van der Waals surface area contributed by atoms with Gasteiger partial charge in [0.1, 0.15) is 11.7 Å². The highest BCUT2D eigenvalue weighted by atomic mass is 15.2. The van der Waals surface area contributed by atoms with Gasteiger partial charge in [0.05, 0.1) is 13.1 Å². The first-order chi connectivity index (χ1) is 9.83. The molecule has 4 nitrogen and oxygen atoms in total. The average Bonchev–Trinajstić information content (AvgIpc) is 3.15. The van der Waals surface area contributed by atoms with Gasteiger partial charge >= 0.3 is 0 Å². The summed E-state index contributed by atoms with van der Waals surface area (Å²) in [4.78, 5) is 14.0. The molecule has 0 radical (unpaired) electrons. The summed E-state index contributed by atoms with van der Waals surface area (Å²) in [5.74, 6) is 2.27. The Bertz CT molecular complexity index is 502. The first-order valence-electron chi connectivity index (χ1n) is 7.53. The standard InChI is InChI=1S/C16H22N4/c1-3-19-10-8-17-15(19)13-6-5-7-14(12-13)16-18-9-11-20(16)4-2/h5-7,12H,3-4,8-11H2,1-2H3. The van der Waals surface area contributed by atoms with E-state index in [4.69, 9.17) is 0 Å². The molecule has 20 heavy (non-hydrogen) atoms. The van der Waals surface area contributed by atoms with Gasteiger partial charge in [-0.1, -0.05) is 18.2 Å². The number of hydrogen-bond donors (Lipinski definition) is 0. The summed E-state index contributed by atoms with van der Waals surface area (Å²) in [6.45, 7) is 10.3. The molecule has 2 aliphatic heterocycles. The van der Waals surface area contributed by atoms with E-state index < -0.39 is 0 Å². The molecule has 0 saturated carbocycles. The lowest BCUT2D eigenvalue weighted by Crippen LogP contribution is -2.29. The molecule has 2 aliphatic rings. The topological polar surface area (TPSA) is 31.2 Å². The second-order valence-electron chi connectivity index (χ2n) is 5.15. The molecule has 0 atom stereocenters. The SMILES string of the molecule is CCN1CCN=C1c1cccc(C2=NCCN2CC)c1. The molecular weight excluding hydrogens is 248 g/mol. The summed E-state index contributed by atoms with van der Waals surface area (Å²) in [6, 6.07) is 8.66. The molecule has 2 heterocycles. The minimum Gasteiger partial charge on any atom is -0.355 e. The summed E-state index contributed by atoms with van der Waals surface area (Å²) in [5, 5.41) is 0. The monoisotopic (exact) mass is 270 g/mol. The zero-order valence-corrected chi connectivity index (χ0v) is 12.3. The van der Waals surface area contributed by atoms with Gasteiger partial charge in [0.2, 0.25) is 0 Å².